The zero-order chi connectivity index (χ0) is 13.2. The fourth-order valence-electron chi connectivity index (χ4n) is 2.44. The lowest BCUT2D eigenvalue weighted by Gasteiger charge is -2.29. The summed E-state index contributed by atoms with van der Waals surface area (Å²) in [5, 5.41) is 13.4. The maximum atomic E-state index is 12.1. The second-order valence-corrected chi connectivity index (χ2v) is 4.90. The molecular weight excluding hydrogens is 242 g/mol. The molecule has 0 bridgehead atoms. The summed E-state index contributed by atoms with van der Waals surface area (Å²) in [4.78, 5) is 17.0. The summed E-state index contributed by atoms with van der Waals surface area (Å²) < 4.78 is 0. The maximum Gasteiger partial charge on any atom is 0.321 e. The van der Waals surface area contributed by atoms with Gasteiger partial charge in [-0.2, -0.15) is 0 Å². The van der Waals surface area contributed by atoms with Gasteiger partial charge in [-0.1, -0.05) is 18.2 Å². The fraction of sp³-hybridized carbons (Fsp3) is 0.357. The van der Waals surface area contributed by atoms with Gasteiger partial charge in [-0.3, -0.25) is 0 Å². The third-order valence-electron chi connectivity index (χ3n) is 3.58. The molecule has 3 rings (SSSR count). The Morgan fingerprint density at radius 1 is 1.32 bits per heavy atom. The Bertz CT molecular complexity index is 585. The second kappa shape index (κ2) is 4.93. The first-order valence-corrected chi connectivity index (χ1v) is 6.54. The molecule has 5 nitrogen and oxygen atoms in total. The number of para-hydroxylation sites is 1. The Morgan fingerprint density at radius 3 is 2.84 bits per heavy atom. The number of aliphatic hydroxyl groups excluding tert-OH is 1. The van der Waals surface area contributed by atoms with Gasteiger partial charge in [0.25, 0.3) is 0 Å². The molecule has 0 spiro atoms. The lowest BCUT2D eigenvalue weighted by atomic mass is 10.1. The molecule has 0 unspecified atom stereocenters. The Hall–Kier alpha value is -2.01. The van der Waals surface area contributed by atoms with Crippen molar-refractivity contribution in [1.82, 2.24) is 9.88 Å². The van der Waals surface area contributed by atoms with Gasteiger partial charge >= 0.3 is 6.03 Å². The number of amides is 2. The molecule has 1 fully saturated rings. The number of rotatable bonds is 1. The van der Waals surface area contributed by atoms with Gasteiger partial charge in [0.05, 0.1) is 11.8 Å². The van der Waals surface area contributed by atoms with E-state index in [1.54, 1.807) is 11.1 Å². The number of aliphatic hydroxyl groups is 1. The Labute approximate surface area is 111 Å². The van der Waals surface area contributed by atoms with Crippen molar-refractivity contribution in [2.24, 2.45) is 0 Å². The molecule has 0 atom stereocenters. The first kappa shape index (κ1) is 12.0. The van der Waals surface area contributed by atoms with Crippen molar-refractivity contribution < 1.29 is 9.90 Å². The van der Waals surface area contributed by atoms with Gasteiger partial charge in [-0.15, -0.1) is 0 Å². The van der Waals surface area contributed by atoms with Crippen molar-refractivity contribution in [3.8, 4) is 0 Å². The second-order valence-electron chi connectivity index (χ2n) is 4.90. The molecule has 0 aliphatic carbocycles. The number of H-pyrrole nitrogens is 1. The van der Waals surface area contributed by atoms with Gasteiger partial charge in [0.15, 0.2) is 0 Å². The zero-order valence-electron chi connectivity index (χ0n) is 10.6. The topological polar surface area (TPSA) is 68.4 Å². The number of urea groups is 1. The SMILES string of the molecule is O=C(Nc1c[nH]c2ccccc12)N1CCC(O)CC1. The molecule has 100 valence electrons. The van der Waals surface area contributed by atoms with E-state index in [9.17, 15) is 9.90 Å². The molecule has 2 aromatic rings. The molecule has 1 saturated heterocycles. The van der Waals surface area contributed by atoms with Crippen LogP contribution in [-0.4, -0.2) is 40.2 Å². The maximum absolute atomic E-state index is 12.1. The van der Waals surface area contributed by atoms with Gasteiger partial charge in [0, 0.05) is 30.2 Å². The van der Waals surface area contributed by atoms with E-state index in [0.717, 1.165) is 16.6 Å². The van der Waals surface area contributed by atoms with E-state index in [1.807, 2.05) is 24.3 Å². The number of hydrogen-bond acceptors (Lipinski definition) is 2. The summed E-state index contributed by atoms with van der Waals surface area (Å²) in [6.45, 7) is 1.21. The molecule has 1 aliphatic heterocycles. The number of aromatic amines is 1. The number of aromatic nitrogens is 1. The van der Waals surface area contributed by atoms with Crippen LogP contribution in [-0.2, 0) is 0 Å². The highest BCUT2D eigenvalue weighted by atomic mass is 16.3. The minimum Gasteiger partial charge on any atom is -0.393 e. The molecular formula is C14H17N3O2. The van der Waals surface area contributed by atoms with Crippen molar-refractivity contribution in [1.29, 1.82) is 0 Å². The Morgan fingerprint density at radius 2 is 2.05 bits per heavy atom. The standard InChI is InChI=1S/C14H17N3O2/c18-10-5-7-17(8-6-10)14(19)16-13-9-15-12-4-2-1-3-11(12)13/h1-4,9-10,15,18H,5-8H2,(H,16,19). The first-order chi connectivity index (χ1) is 9.24. The van der Waals surface area contributed by atoms with Crippen LogP contribution < -0.4 is 5.32 Å². The average molecular weight is 259 g/mol. The summed E-state index contributed by atoms with van der Waals surface area (Å²) in [5.74, 6) is 0. The lowest BCUT2D eigenvalue weighted by Crippen LogP contribution is -2.42. The molecule has 3 N–H and O–H groups in total. The van der Waals surface area contributed by atoms with Crippen LogP contribution in [0.2, 0.25) is 0 Å². The predicted molar refractivity (Wildman–Crippen MR) is 74.1 cm³/mol. The van der Waals surface area contributed by atoms with Crippen molar-refractivity contribution >= 4 is 22.6 Å². The largest absolute Gasteiger partial charge is 0.393 e. The molecule has 19 heavy (non-hydrogen) atoms. The van der Waals surface area contributed by atoms with Crippen molar-refractivity contribution in [2.75, 3.05) is 18.4 Å². The predicted octanol–water partition coefficient (Wildman–Crippen LogP) is 2.16. The third kappa shape index (κ3) is 2.42. The summed E-state index contributed by atoms with van der Waals surface area (Å²) in [6.07, 6.45) is 2.85. The lowest BCUT2D eigenvalue weighted by molar-refractivity contribution is 0.0972. The van der Waals surface area contributed by atoms with Crippen LogP contribution in [0.3, 0.4) is 0 Å². The number of anilines is 1. The van der Waals surface area contributed by atoms with Crippen molar-refractivity contribution in [3.63, 3.8) is 0 Å². The third-order valence-corrected chi connectivity index (χ3v) is 3.58. The average Bonchev–Trinajstić information content (AvgIpc) is 2.83. The van der Waals surface area contributed by atoms with Crippen molar-refractivity contribution in [3.05, 3.63) is 30.5 Å². The van der Waals surface area contributed by atoms with E-state index in [4.69, 9.17) is 0 Å². The summed E-state index contributed by atoms with van der Waals surface area (Å²) in [5.41, 5.74) is 1.80. The van der Waals surface area contributed by atoms with E-state index >= 15 is 0 Å². The number of nitrogens with zero attached hydrogens (tertiary/aromatic N) is 1. The highest BCUT2D eigenvalue weighted by Crippen LogP contribution is 2.23. The molecule has 2 amide bonds. The number of nitrogens with one attached hydrogen (secondary N) is 2. The Kier molecular flexibility index (Phi) is 3.13. The minimum atomic E-state index is -0.267. The van der Waals surface area contributed by atoms with Crippen LogP contribution in [0, 0.1) is 0 Å². The Balaban J connectivity index is 1.72. The molecule has 5 heteroatoms. The number of benzene rings is 1. The molecule has 0 radical (unpaired) electrons. The number of carbonyl (C=O) groups is 1. The van der Waals surface area contributed by atoms with Gasteiger partial charge in [0.2, 0.25) is 0 Å². The number of fused-ring (bicyclic) bond motifs is 1. The summed E-state index contributed by atoms with van der Waals surface area (Å²) in [6, 6.07) is 7.75. The van der Waals surface area contributed by atoms with E-state index < -0.39 is 0 Å². The monoisotopic (exact) mass is 259 g/mol. The zero-order valence-corrected chi connectivity index (χ0v) is 10.6. The van der Waals surface area contributed by atoms with Crippen LogP contribution in [0.5, 0.6) is 0 Å². The number of likely N-dealkylation sites (tertiary alicyclic amines) is 1. The van der Waals surface area contributed by atoms with Crippen LogP contribution in [0.15, 0.2) is 30.5 Å². The molecule has 1 aliphatic rings. The van der Waals surface area contributed by atoms with Crippen LogP contribution in [0.25, 0.3) is 10.9 Å². The van der Waals surface area contributed by atoms with Crippen LogP contribution >= 0.6 is 0 Å². The first-order valence-electron chi connectivity index (χ1n) is 6.54. The summed E-state index contributed by atoms with van der Waals surface area (Å²) >= 11 is 0. The van der Waals surface area contributed by atoms with Gasteiger partial charge < -0.3 is 20.3 Å². The van der Waals surface area contributed by atoms with E-state index in [-0.39, 0.29) is 12.1 Å². The highest BCUT2D eigenvalue weighted by Gasteiger charge is 2.21. The normalized spacial score (nSPS) is 16.8. The van der Waals surface area contributed by atoms with E-state index in [2.05, 4.69) is 10.3 Å². The van der Waals surface area contributed by atoms with Gasteiger partial charge in [0.1, 0.15) is 0 Å². The number of hydrogen-bond donors (Lipinski definition) is 3. The quantitative estimate of drug-likeness (QED) is 0.734. The highest BCUT2D eigenvalue weighted by molar-refractivity contribution is 6.00. The van der Waals surface area contributed by atoms with Crippen molar-refractivity contribution in [2.45, 2.75) is 18.9 Å². The van der Waals surface area contributed by atoms with Gasteiger partial charge in [-0.25, -0.2) is 4.79 Å². The van der Waals surface area contributed by atoms with Crippen LogP contribution in [0.1, 0.15) is 12.8 Å². The van der Waals surface area contributed by atoms with Crippen LogP contribution in [0.4, 0.5) is 10.5 Å². The smallest absolute Gasteiger partial charge is 0.321 e. The molecule has 2 heterocycles. The number of carbonyl (C=O) groups excluding carboxylic acids is 1. The fourth-order valence-corrected chi connectivity index (χ4v) is 2.44. The van der Waals surface area contributed by atoms with Gasteiger partial charge in [-0.05, 0) is 18.9 Å². The summed E-state index contributed by atoms with van der Waals surface area (Å²) in [7, 11) is 0. The molecule has 1 aromatic heterocycles. The van der Waals surface area contributed by atoms with E-state index in [1.165, 1.54) is 0 Å². The minimum absolute atomic E-state index is 0.100. The van der Waals surface area contributed by atoms with E-state index in [0.29, 0.717) is 25.9 Å². The molecule has 0 saturated carbocycles. The number of piperidine rings is 1. The molecule has 1 aromatic carbocycles.